The Bertz CT molecular complexity index is 459. The van der Waals surface area contributed by atoms with E-state index in [4.69, 9.17) is 4.74 Å². The predicted octanol–water partition coefficient (Wildman–Crippen LogP) is 2.99. The quantitative estimate of drug-likeness (QED) is 0.740. The molecule has 0 radical (unpaired) electrons. The summed E-state index contributed by atoms with van der Waals surface area (Å²) in [7, 11) is 1.60. The largest absolute Gasteiger partial charge is 0.496 e. The first-order valence-electron chi connectivity index (χ1n) is 4.53. The zero-order chi connectivity index (χ0) is 10.7. The number of ether oxygens (including phenoxy) is 1. The zero-order valence-corrected chi connectivity index (χ0v) is 9.08. The first-order chi connectivity index (χ1) is 7.31. The summed E-state index contributed by atoms with van der Waals surface area (Å²) < 4.78 is 5.04. The molecule has 0 spiro atoms. The molecule has 1 aromatic carbocycles. The van der Waals surface area contributed by atoms with E-state index in [2.05, 4.69) is 0 Å². The highest BCUT2D eigenvalue weighted by atomic mass is 32.1. The molecule has 0 unspecified atom stereocenters. The van der Waals surface area contributed by atoms with Crippen LogP contribution in [-0.2, 0) is 0 Å². The van der Waals surface area contributed by atoms with Crippen LogP contribution < -0.4 is 4.74 Å². The van der Waals surface area contributed by atoms with Gasteiger partial charge in [0.2, 0.25) is 5.78 Å². The van der Waals surface area contributed by atoms with Gasteiger partial charge in [0, 0.05) is 17.0 Å². The fourth-order valence-corrected chi connectivity index (χ4v) is 2.09. The highest BCUT2D eigenvalue weighted by molar-refractivity contribution is 7.12. The molecule has 1 aromatic heterocycles. The Morgan fingerprint density at radius 3 is 2.60 bits per heavy atom. The minimum absolute atomic E-state index is 0.0453. The maximum atomic E-state index is 11.9. The standard InChI is InChI=1S/C12H10O2S/c1-14-10-7-11(15-8-10)12(13)9-5-3-2-4-6-9/h2-8H,1H3. The molecule has 76 valence electrons. The normalized spacial score (nSPS) is 9.93. The van der Waals surface area contributed by atoms with Gasteiger partial charge in [-0.3, -0.25) is 4.79 Å². The summed E-state index contributed by atoms with van der Waals surface area (Å²) in [5.74, 6) is 0.781. The third-order valence-corrected chi connectivity index (χ3v) is 2.98. The number of thiophene rings is 1. The van der Waals surface area contributed by atoms with E-state index >= 15 is 0 Å². The van der Waals surface area contributed by atoms with Gasteiger partial charge in [0.25, 0.3) is 0 Å². The van der Waals surface area contributed by atoms with Crippen LogP contribution in [-0.4, -0.2) is 12.9 Å². The highest BCUT2D eigenvalue weighted by Gasteiger charge is 2.11. The number of methoxy groups -OCH3 is 1. The summed E-state index contributed by atoms with van der Waals surface area (Å²) in [6, 6.07) is 11.0. The van der Waals surface area contributed by atoms with Crippen molar-refractivity contribution in [2.75, 3.05) is 7.11 Å². The molecule has 0 bridgehead atoms. The zero-order valence-electron chi connectivity index (χ0n) is 8.27. The van der Waals surface area contributed by atoms with Gasteiger partial charge in [0.05, 0.1) is 12.0 Å². The van der Waals surface area contributed by atoms with Crippen molar-refractivity contribution < 1.29 is 9.53 Å². The lowest BCUT2D eigenvalue weighted by atomic mass is 10.1. The minimum Gasteiger partial charge on any atom is -0.496 e. The van der Waals surface area contributed by atoms with Crippen molar-refractivity contribution in [1.29, 1.82) is 0 Å². The number of hydrogen-bond acceptors (Lipinski definition) is 3. The average Bonchev–Trinajstić information content (AvgIpc) is 2.78. The smallest absolute Gasteiger partial charge is 0.203 e. The molecule has 0 aliphatic carbocycles. The molecule has 0 N–H and O–H groups in total. The lowest BCUT2D eigenvalue weighted by Gasteiger charge is -1.96. The van der Waals surface area contributed by atoms with Crippen LogP contribution in [0.3, 0.4) is 0 Å². The fourth-order valence-electron chi connectivity index (χ4n) is 1.28. The Morgan fingerprint density at radius 2 is 2.00 bits per heavy atom. The minimum atomic E-state index is 0.0453. The second-order valence-corrected chi connectivity index (χ2v) is 3.96. The van der Waals surface area contributed by atoms with Crippen molar-refractivity contribution in [2.24, 2.45) is 0 Å². The summed E-state index contributed by atoms with van der Waals surface area (Å²) >= 11 is 1.40. The van der Waals surface area contributed by atoms with E-state index in [-0.39, 0.29) is 5.78 Å². The third-order valence-electron chi connectivity index (χ3n) is 2.07. The van der Waals surface area contributed by atoms with Crippen molar-refractivity contribution >= 4 is 17.1 Å². The molecule has 0 fully saturated rings. The molecule has 0 saturated carbocycles. The SMILES string of the molecule is COc1csc(C(=O)c2ccccc2)c1. The van der Waals surface area contributed by atoms with Crippen molar-refractivity contribution in [3.05, 3.63) is 52.2 Å². The van der Waals surface area contributed by atoms with Gasteiger partial charge in [-0.05, 0) is 0 Å². The van der Waals surface area contributed by atoms with Gasteiger partial charge in [0.1, 0.15) is 5.75 Å². The number of hydrogen-bond donors (Lipinski definition) is 0. The Hall–Kier alpha value is -1.61. The molecular formula is C12H10O2S. The topological polar surface area (TPSA) is 26.3 Å². The van der Waals surface area contributed by atoms with Crippen LogP contribution >= 0.6 is 11.3 Å². The number of rotatable bonds is 3. The highest BCUT2D eigenvalue weighted by Crippen LogP contribution is 2.23. The van der Waals surface area contributed by atoms with Crippen LogP contribution in [0.25, 0.3) is 0 Å². The molecule has 2 rings (SSSR count). The van der Waals surface area contributed by atoms with Gasteiger partial charge in [-0.15, -0.1) is 11.3 Å². The van der Waals surface area contributed by atoms with Crippen molar-refractivity contribution in [2.45, 2.75) is 0 Å². The van der Waals surface area contributed by atoms with E-state index in [9.17, 15) is 4.79 Å². The Morgan fingerprint density at radius 1 is 1.27 bits per heavy atom. The first-order valence-corrected chi connectivity index (χ1v) is 5.41. The van der Waals surface area contributed by atoms with Crippen LogP contribution in [0.1, 0.15) is 15.2 Å². The molecule has 0 saturated heterocycles. The van der Waals surface area contributed by atoms with Gasteiger partial charge in [-0.25, -0.2) is 0 Å². The molecule has 2 nitrogen and oxygen atoms in total. The fraction of sp³-hybridized carbons (Fsp3) is 0.0833. The van der Waals surface area contributed by atoms with Crippen LogP contribution in [0.5, 0.6) is 5.75 Å². The molecular weight excluding hydrogens is 208 g/mol. The Labute approximate surface area is 92.1 Å². The van der Waals surface area contributed by atoms with Crippen LogP contribution in [0.15, 0.2) is 41.8 Å². The molecule has 3 heteroatoms. The van der Waals surface area contributed by atoms with Gasteiger partial charge in [-0.2, -0.15) is 0 Å². The number of benzene rings is 1. The molecule has 0 aliphatic heterocycles. The van der Waals surface area contributed by atoms with E-state index in [0.29, 0.717) is 10.4 Å². The summed E-state index contributed by atoms with van der Waals surface area (Å²) in [4.78, 5) is 12.6. The monoisotopic (exact) mass is 218 g/mol. The van der Waals surface area contributed by atoms with Crippen molar-refractivity contribution in [3.8, 4) is 5.75 Å². The van der Waals surface area contributed by atoms with Crippen LogP contribution in [0.2, 0.25) is 0 Å². The Balaban J connectivity index is 2.29. The summed E-state index contributed by atoms with van der Waals surface area (Å²) in [5.41, 5.74) is 0.710. The van der Waals surface area contributed by atoms with E-state index in [1.54, 1.807) is 13.2 Å². The van der Waals surface area contributed by atoms with Crippen molar-refractivity contribution in [3.63, 3.8) is 0 Å². The lowest BCUT2D eigenvalue weighted by Crippen LogP contribution is -1.97. The number of ketones is 1. The average molecular weight is 218 g/mol. The third kappa shape index (κ3) is 2.07. The van der Waals surface area contributed by atoms with Crippen LogP contribution in [0.4, 0.5) is 0 Å². The first kappa shape index (κ1) is 9.93. The van der Waals surface area contributed by atoms with Crippen LogP contribution in [0, 0.1) is 0 Å². The molecule has 0 amide bonds. The van der Waals surface area contributed by atoms with E-state index in [1.165, 1.54) is 11.3 Å². The lowest BCUT2D eigenvalue weighted by molar-refractivity contribution is 0.104. The van der Waals surface area contributed by atoms with Gasteiger partial charge >= 0.3 is 0 Å². The summed E-state index contributed by atoms with van der Waals surface area (Å²) in [5, 5.41) is 1.83. The number of carbonyl (C=O) groups excluding carboxylic acids is 1. The predicted molar refractivity (Wildman–Crippen MR) is 60.7 cm³/mol. The van der Waals surface area contributed by atoms with E-state index in [0.717, 1.165) is 5.75 Å². The maximum Gasteiger partial charge on any atom is 0.203 e. The second kappa shape index (κ2) is 4.28. The van der Waals surface area contributed by atoms with Gasteiger partial charge in [-0.1, -0.05) is 30.3 Å². The molecule has 2 aromatic rings. The number of carbonyl (C=O) groups is 1. The van der Waals surface area contributed by atoms with E-state index < -0.39 is 0 Å². The van der Waals surface area contributed by atoms with Gasteiger partial charge < -0.3 is 4.74 Å². The van der Waals surface area contributed by atoms with Crippen molar-refractivity contribution in [1.82, 2.24) is 0 Å². The summed E-state index contributed by atoms with van der Waals surface area (Å²) in [6.45, 7) is 0. The van der Waals surface area contributed by atoms with Gasteiger partial charge in [0.15, 0.2) is 0 Å². The Kier molecular flexibility index (Phi) is 2.83. The molecule has 0 aliphatic rings. The molecule has 1 heterocycles. The van der Waals surface area contributed by atoms with E-state index in [1.807, 2.05) is 35.7 Å². The summed E-state index contributed by atoms with van der Waals surface area (Å²) in [6.07, 6.45) is 0. The second-order valence-electron chi connectivity index (χ2n) is 3.05. The molecule has 0 atom stereocenters. The maximum absolute atomic E-state index is 11.9. The molecule has 15 heavy (non-hydrogen) atoms.